The molecule has 16 heteroatoms. The third kappa shape index (κ3) is 6.49. The van der Waals surface area contributed by atoms with Crippen LogP contribution in [0.25, 0.3) is 10.6 Å². The lowest BCUT2D eigenvalue weighted by Gasteiger charge is -2.39. The Morgan fingerprint density at radius 3 is 2.59 bits per heavy atom. The van der Waals surface area contributed by atoms with Crippen LogP contribution >= 0.6 is 22.7 Å². The number of sulfonamides is 1. The van der Waals surface area contributed by atoms with E-state index >= 15 is 0 Å². The van der Waals surface area contributed by atoms with E-state index in [0.29, 0.717) is 22.2 Å². The van der Waals surface area contributed by atoms with Gasteiger partial charge in [-0.05, 0) is 30.5 Å². The summed E-state index contributed by atoms with van der Waals surface area (Å²) < 4.78 is 68.1. The quantitative estimate of drug-likeness (QED) is 0.394. The van der Waals surface area contributed by atoms with E-state index in [2.05, 4.69) is 15.4 Å². The van der Waals surface area contributed by atoms with Crippen molar-refractivity contribution in [3.63, 3.8) is 0 Å². The molecule has 0 bridgehead atoms. The molecule has 10 nitrogen and oxygen atoms in total. The van der Waals surface area contributed by atoms with Crippen LogP contribution in [0.1, 0.15) is 44.2 Å². The molecule has 0 unspecified atom stereocenters. The molecule has 3 aromatic heterocycles. The minimum atomic E-state index is -4.60. The summed E-state index contributed by atoms with van der Waals surface area (Å²) in [7, 11) is -2.94. The van der Waals surface area contributed by atoms with Gasteiger partial charge in [-0.25, -0.2) is 13.4 Å². The first-order chi connectivity index (χ1) is 19.4. The predicted octanol–water partition coefficient (Wildman–Crippen LogP) is 4.43. The van der Waals surface area contributed by atoms with Gasteiger partial charge in [-0.2, -0.15) is 22.6 Å². The van der Waals surface area contributed by atoms with Gasteiger partial charge in [0, 0.05) is 31.7 Å². The van der Waals surface area contributed by atoms with Crippen molar-refractivity contribution in [2.24, 2.45) is 13.0 Å². The number of amides is 2. The number of nitrogens with one attached hydrogen (secondary N) is 1. The maximum atomic E-state index is 13.4. The fraction of sp³-hybridized carbons (Fsp3) is 0.520. The SMILES string of the molecule is Cn1nc(-c2ccc(S(=O)(=O)N3CCN([C@@H](CC4CCCCC4)C(=O)Nc4nccs4)C(=O)C3)s2)cc1C(F)(F)F. The van der Waals surface area contributed by atoms with Gasteiger partial charge in [0.15, 0.2) is 5.13 Å². The van der Waals surface area contributed by atoms with Crippen LogP contribution in [0, 0.1) is 5.92 Å². The Labute approximate surface area is 243 Å². The predicted molar refractivity (Wildman–Crippen MR) is 148 cm³/mol. The normalized spacial score (nSPS) is 18.5. The molecule has 5 rings (SSSR count). The minimum absolute atomic E-state index is 0.00367. The lowest BCUT2D eigenvalue weighted by atomic mass is 9.84. The number of nitrogens with zero attached hydrogens (tertiary/aromatic N) is 5. The van der Waals surface area contributed by atoms with Crippen LogP contribution in [0.15, 0.2) is 34.0 Å². The van der Waals surface area contributed by atoms with Crippen molar-refractivity contribution in [3.8, 4) is 10.6 Å². The fourth-order valence-electron chi connectivity index (χ4n) is 5.36. The van der Waals surface area contributed by atoms with E-state index in [1.807, 2.05) is 0 Å². The molecule has 1 aliphatic carbocycles. The third-order valence-corrected chi connectivity index (χ3v) is 11.6. The molecule has 2 amide bonds. The second-order valence-corrected chi connectivity index (χ2v) is 14.3. The highest BCUT2D eigenvalue weighted by molar-refractivity contribution is 7.91. The second kappa shape index (κ2) is 11.8. The lowest BCUT2D eigenvalue weighted by molar-refractivity contribution is -0.143. The Bertz CT molecular complexity index is 1500. The highest BCUT2D eigenvalue weighted by Crippen LogP contribution is 2.36. The molecule has 1 aliphatic heterocycles. The van der Waals surface area contributed by atoms with Crippen LogP contribution in [0.2, 0.25) is 0 Å². The number of aromatic nitrogens is 3. The number of thiazole rings is 1. The monoisotopic (exact) mass is 630 g/mol. The Kier molecular flexibility index (Phi) is 8.55. The van der Waals surface area contributed by atoms with Crippen molar-refractivity contribution >= 4 is 49.6 Å². The number of carbonyl (C=O) groups excluding carboxylic acids is 2. The third-order valence-electron chi connectivity index (χ3n) is 7.44. The van der Waals surface area contributed by atoms with Crippen molar-refractivity contribution in [2.45, 2.75) is 55.0 Å². The van der Waals surface area contributed by atoms with E-state index in [4.69, 9.17) is 0 Å². The van der Waals surface area contributed by atoms with E-state index < -0.39 is 40.4 Å². The highest BCUT2D eigenvalue weighted by Gasteiger charge is 2.40. The molecule has 0 radical (unpaired) electrons. The van der Waals surface area contributed by atoms with E-state index in [9.17, 15) is 31.2 Å². The van der Waals surface area contributed by atoms with Crippen molar-refractivity contribution in [2.75, 3.05) is 25.0 Å². The topological polar surface area (TPSA) is 118 Å². The van der Waals surface area contributed by atoms with E-state index in [-0.39, 0.29) is 33.8 Å². The molecule has 2 aliphatic rings. The minimum Gasteiger partial charge on any atom is -0.328 e. The Morgan fingerprint density at radius 1 is 1.20 bits per heavy atom. The molecule has 1 N–H and O–H groups in total. The van der Waals surface area contributed by atoms with Gasteiger partial charge < -0.3 is 10.2 Å². The molecule has 1 atom stereocenters. The molecule has 2 fully saturated rings. The summed E-state index contributed by atoms with van der Waals surface area (Å²) in [4.78, 5) is 32.5. The van der Waals surface area contributed by atoms with E-state index in [0.717, 1.165) is 53.8 Å². The summed E-state index contributed by atoms with van der Waals surface area (Å²) in [6.45, 7) is -0.425. The van der Waals surface area contributed by atoms with Gasteiger partial charge in [0.25, 0.3) is 10.0 Å². The van der Waals surface area contributed by atoms with Gasteiger partial charge in [0.2, 0.25) is 11.8 Å². The molecule has 4 heterocycles. The van der Waals surface area contributed by atoms with Gasteiger partial charge in [-0.15, -0.1) is 22.7 Å². The number of rotatable bonds is 8. The maximum Gasteiger partial charge on any atom is 0.433 e. The van der Waals surface area contributed by atoms with Crippen molar-refractivity contribution in [3.05, 3.63) is 35.5 Å². The van der Waals surface area contributed by atoms with Crippen molar-refractivity contribution in [1.82, 2.24) is 24.0 Å². The number of thiophene rings is 1. The summed E-state index contributed by atoms with van der Waals surface area (Å²) in [6, 6.07) is 2.83. The van der Waals surface area contributed by atoms with Crippen molar-refractivity contribution < 1.29 is 31.2 Å². The number of aryl methyl sites for hydroxylation is 1. The maximum absolute atomic E-state index is 13.4. The van der Waals surface area contributed by atoms with Gasteiger partial charge in [-0.1, -0.05) is 32.1 Å². The summed E-state index contributed by atoms with van der Waals surface area (Å²) in [5.41, 5.74) is -0.947. The number of carbonyl (C=O) groups is 2. The van der Waals surface area contributed by atoms with E-state index in [1.54, 1.807) is 11.6 Å². The zero-order chi connectivity index (χ0) is 29.4. The summed E-state index contributed by atoms with van der Waals surface area (Å²) in [5.74, 6) is -0.530. The first-order valence-corrected chi connectivity index (χ1v) is 16.3. The Balaban J connectivity index is 1.31. The number of halogens is 3. The first kappa shape index (κ1) is 29.7. The first-order valence-electron chi connectivity index (χ1n) is 13.1. The number of hydrogen-bond acceptors (Lipinski definition) is 8. The molecule has 222 valence electrons. The average Bonchev–Trinajstić information content (AvgIpc) is 3.69. The number of piperazine rings is 1. The zero-order valence-corrected chi connectivity index (χ0v) is 24.6. The molecule has 3 aromatic rings. The fourth-order valence-corrected chi connectivity index (χ4v) is 8.69. The van der Waals surface area contributed by atoms with Crippen LogP contribution in [-0.2, 0) is 32.8 Å². The molecule has 0 spiro atoms. The molecule has 1 saturated heterocycles. The summed E-state index contributed by atoms with van der Waals surface area (Å²) >= 11 is 2.06. The van der Waals surface area contributed by atoms with Crippen LogP contribution in [0.4, 0.5) is 18.3 Å². The second-order valence-electron chi connectivity index (χ2n) is 10.2. The standard InChI is InChI=1S/C25H29F3N6O4S3/c1-32-20(25(26,27)28)14-17(31-32)19-7-8-22(40-19)41(37,38)33-10-11-34(21(35)15-33)18(13-16-5-3-2-4-6-16)23(36)30-24-29-9-12-39-24/h7-9,12,14,16,18H,2-6,10-11,13,15H2,1H3,(H,29,30,36)/t18-/m0/s1. The number of anilines is 1. The van der Waals surface area contributed by atoms with Crippen LogP contribution in [0.5, 0.6) is 0 Å². The summed E-state index contributed by atoms with van der Waals surface area (Å²) in [5, 5.41) is 8.85. The number of hydrogen-bond donors (Lipinski definition) is 1. The van der Waals surface area contributed by atoms with Gasteiger partial charge in [0.05, 0.1) is 11.4 Å². The molecule has 0 aromatic carbocycles. The Morgan fingerprint density at radius 2 is 1.95 bits per heavy atom. The van der Waals surface area contributed by atoms with E-state index in [1.165, 1.54) is 35.4 Å². The van der Waals surface area contributed by atoms with Crippen LogP contribution < -0.4 is 5.32 Å². The van der Waals surface area contributed by atoms with Gasteiger partial charge >= 0.3 is 6.18 Å². The highest BCUT2D eigenvalue weighted by atomic mass is 32.2. The van der Waals surface area contributed by atoms with Gasteiger partial charge in [0.1, 0.15) is 21.6 Å². The smallest absolute Gasteiger partial charge is 0.328 e. The molecular weight excluding hydrogens is 602 g/mol. The molecule has 1 saturated carbocycles. The zero-order valence-electron chi connectivity index (χ0n) is 22.1. The van der Waals surface area contributed by atoms with Crippen LogP contribution in [-0.4, -0.2) is 69.9 Å². The molecular formula is C25H29F3N6O4S3. The number of alkyl halides is 3. The largest absolute Gasteiger partial charge is 0.433 e. The van der Waals surface area contributed by atoms with Crippen molar-refractivity contribution in [1.29, 1.82) is 0 Å². The van der Waals surface area contributed by atoms with Crippen LogP contribution in [0.3, 0.4) is 0 Å². The average molecular weight is 631 g/mol. The summed E-state index contributed by atoms with van der Waals surface area (Å²) in [6.07, 6.45) is 2.72. The lowest BCUT2D eigenvalue weighted by Crippen LogP contribution is -2.58. The Hall–Kier alpha value is -2.82. The van der Waals surface area contributed by atoms with Gasteiger partial charge in [-0.3, -0.25) is 14.3 Å². The molecule has 41 heavy (non-hydrogen) atoms.